The Morgan fingerprint density at radius 3 is 2.29 bits per heavy atom. The molecule has 0 saturated heterocycles. The molecule has 1 heterocycles. The maximum Gasteiger partial charge on any atom is 0.125 e. The zero-order chi connectivity index (χ0) is 25.6. The van der Waals surface area contributed by atoms with Crippen molar-refractivity contribution in [3.8, 4) is 11.5 Å². The fraction of sp³-hybridized carbons (Fsp3) is 0.440. The van der Waals surface area contributed by atoms with E-state index in [1.54, 1.807) is 4.68 Å². The Balaban J connectivity index is 1.62. The molecule has 2 atom stereocenters. The largest absolute Gasteiger partial charge is 0.491 e. The molecule has 0 aliphatic rings. The minimum atomic E-state index is -0.779. The molecule has 35 heavy (non-hydrogen) atoms. The average Bonchev–Trinajstić information content (AvgIpc) is 3.20. The summed E-state index contributed by atoms with van der Waals surface area (Å²) in [6.07, 6.45) is -1.47. The Labute approximate surface area is 224 Å². The van der Waals surface area contributed by atoms with E-state index in [0.29, 0.717) is 20.9 Å². The highest BCUT2D eigenvalue weighted by molar-refractivity contribution is 14.1. The summed E-state index contributed by atoms with van der Waals surface area (Å²) in [6.45, 7) is 6.58. The summed E-state index contributed by atoms with van der Waals surface area (Å²) in [7, 11) is 0. The van der Waals surface area contributed by atoms with Gasteiger partial charge >= 0.3 is 0 Å². The molecule has 0 bridgehead atoms. The van der Waals surface area contributed by atoms with E-state index < -0.39 is 12.2 Å². The predicted molar refractivity (Wildman–Crippen MR) is 142 cm³/mol. The minimum absolute atomic E-state index is 0.105. The van der Waals surface area contributed by atoms with Crippen molar-refractivity contribution in [2.45, 2.75) is 51.5 Å². The van der Waals surface area contributed by atoms with Crippen LogP contribution in [0.1, 0.15) is 36.2 Å². The molecule has 0 aliphatic heterocycles. The van der Waals surface area contributed by atoms with Gasteiger partial charge in [0.15, 0.2) is 0 Å². The van der Waals surface area contributed by atoms with E-state index in [2.05, 4.69) is 30.2 Å². The fourth-order valence-electron chi connectivity index (χ4n) is 3.56. The molecule has 190 valence electrons. The number of aryl methyl sites for hydroxylation is 1. The summed E-state index contributed by atoms with van der Waals surface area (Å²) in [5, 5.41) is 37.0. The molecule has 2 aromatic carbocycles. The molecule has 1 aromatic heterocycles. The highest BCUT2D eigenvalue weighted by Crippen LogP contribution is 2.34. The van der Waals surface area contributed by atoms with Crippen molar-refractivity contribution in [2.24, 2.45) is 0 Å². The monoisotopic (exact) mass is 615 g/mol. The standard InChI is InChI=1S/C25H31ClIN3O5/c1-16-10-18(25(2,3)17-4-7-21(8-5-17)34-14-19(32)11-26)6-9-23(16)35-15-20(33)12-30-24(27)22(13-31)28-29-30/h4-10,19-20,31-33H,11-15H2,1-3H3/t19-,20+/m0/s1. The quantitative estimate of drug-likeness (QED) is 0.212. The van der Waals surface area contributed by atoms with Crippen molar-refractivity contribution in [3.05, 3.63) is 68.5 Å². The van der Waals surface area contributed by atoms with Crippen LogP contribution < -0.4 is 9.47 Å². The highest BCUT2D eigenvalue weighted by atomic mass is 127. The molecule has 0 radical (unpaired) electrons. The van der Waals surface area contributed by atoms with Gasteiger partial charge in [0.25, 0.3) is 0 Å². The van der Waals surface area contributed by atoms with Crippen LogP contribution in [0.15, 0.2) is 42.5 Å². The third-order valence-electron chi connectivity index (χ3n) is 5.80. The number of aliphatic hydroxyl groups is 3. The number of hydrogen-bond donors (Lipinski definition) is 3. The summed E-state index contributed by atoms with van der Waals surface area (Å²) in [4.78, 5) is 0. The van der Waals surface area contributed by atoms with Gasteiger partial charge in [-0.1, -0.05) is 43.3 Å². The van der Waals surface area contributed by atoms with Crippen LogP contribution in [0, 0.1) is 10.6 Å². The van der Waals surface area contributed by atoms with Gasteiger partial charge in [0.1, 0.15) is 46.3 Å². The van der Waals surface area contributed by atoms with E-state index in [0.717, 1.165) is 16.7 Å². The Kier molecular flexibility index (Phi) is 9.77. The Bertz CT molecular complexity index is 1110. The molecule has 0 spiro atoms. The summed E-state index contributed by atoms with van der Waals surface area (Å²) in [5.74, 6) is 1.52. The lowest BCUT2D eigenvalue weighted by Crippen LogP contribution is -2.25. The number of halogens is 2. The van der Waals surface area contributed by atoms with Gasteiger partial charge in [0.2, 0.25) is 0 Å². The van der Waals surface area contributed by atoms with Crippen molar-refractivity contribution in [3.63, 3.8) is 0 Å². The molecule has 3 aromatic rings. The van der Waals surface area contributed by atoms with Crippen molar-refractivity contribution in [1.29, 1.82) is 0 Å². The lowest BCUT2D eigenvalue weighted by Gasteiger charge is -2.27. The molecule has 0 amide bonds. The number of aliphatic hydroxyl groups excluding tert-OH is 3. The third kappa shape index (κ3) is 7.07. The molecule has 3 rings (SSSR count). The molecule has 0 aliphatic carbocycles. The Morgan fingerprint density at radius 1 is 1.03 bits per heavy atom. The number of ether oxygens (including phenoxy) is 2. The van der Waals surface area contributed by atoms with E-state index >= 15 is 0 Å². The van der Waals surface area contributed by atoms with Crippen molar-refractivity contribution >= 4 is 34.2 Å². The zero-order valence-corrected chi connectivity index (χ0v) is 22.9. The average molecular weight is 616 g/mol. The van der Waals surface area contributed by atoms with Gasteiger partial charge in [0, 0.05) is 5.41 Å². The smallest absolute Gasteiger partial charge is 0.125 e. The number of hydrogen-bond acceptors (Lipinski definition) is 7. The van der Waals surface area contributed by atoms with Crippen LogP contribution in [0.2, 0.25) is 0 Å². The molecule has 0 fully saturated rings. The lowest BCUT2D eigenvalue weighted by molar-refractivity contribution is 0.0878. The van der Waals surface area contributed by atoms with Crippen LogP contribution in [0.5, 0.6) is 11.5 Å². The number of benzene rings is 2. The van der Waals surface area contributed by atoms with Crippen LogP contribution >= 0.6 is 34.2 Å². The van der Waals surface area contributed by atoms with Crippen LogP contribution in [-0.4, -0.2) is 61.6 Å². The molecular formula is C25H31ClIN3O5. The SMILES string of the molecule is Cc1cc(C(C)(C)c2ccc(OC[C@@H](O)CCl)cc2)ccc1OC[C@H](O)Cn1nnc(CO)c1I. The van der Waals surface area contributed by atoms with Crippen LogP contribution in [-0.2, 0) is 18.6 Å². The molecule has 3 N–H and O–H groups in total. The van der Waals surface area contributed by atoms with Crippen LogP contribution in [0.25, 0.3) is 0 Å². The maximum absolute atomic E-state index is 10.4. The zero-order valence-electron chi connectivity index (χ0n) is 20.0. The van der Waals surface area contributed by atoms with Gasteiger partial charge in [-0.3, -0.25) is 0 Å². The molecule has 0 saturated carbocycles. The molecule has 0 unspecified atom stereocenters. The summed E-state index contributed by atoms with van der Waals surface area (Å²) in [6, 6.07) is 13.9. The lowest BCUT2D eigenvalue weighted by atomic mass is 9.77. The topological polar surface area (TPSA) is 110 Å². The number of aromatic nitrogens is 3. The van der Waals surface area contributed by atoms with Gasteiger partial charge in [0.05, 0.1) is 19.0 Å². The second-order valence-electron chi connectivity index (χ2n) is 8.88. The van der Waals surface area contributed by atoms with E-state index in [9.17, 15) is 15.3 Å². The summed E-state index contributed by atoms with van der Waals surface area (Å²) >= 11 is 7.65. The van der Waals surface area contributed by atoms with Gasteiger partial charge < -0.3 is 24.8 Å². The first-order valence-electron chi connectivity index (χ1n) is 11.2. The second kappa shape index (κ2) is 12.4. The molecule has 10 heteroatoms. The number of alkyl halides is 1. The first-order chi connectivity index (χ1) is 16.6. The van der Waals surface area contributed by atoms with Crippen molar-refractivity contribution in [1.82, 2.24) is 15.0 Å². The first-order valence-corrected chi connectivity index (χ1v) is 12.8. The van der Waals surface area contributed by atoms with E-state index in [1.165, 1.54) is 0 Å². The maximum atomic E-state index is 10.4. The van der Waals surface area contributed by atoms with Crippen molar-refractivity contribution < 1.29 is 24.8 Å². The Hall–Kier alpha value is -1.92. The van der Waals surface area contributed by atoms with Gasteiger partial charge in [-0.2, -0.15) is 0 Å². The molecule has 8 nitrogen and oxygen atoms in total. The van der Waals surface area contributed by atoms with E-state index in [1.807, 2.05) is 65.9 Å². The number of nitrogens with zero attached hydrogens (tertiary/aromatic N) is 3. The van der Waals surface area contributed by atoms with Crippen LogP contribution in [0.4, 0.5) is 0 Å². The second-order valence-corrected chi connectivity index (χ2v) is 10.2. The fourth-order valence-corrected chi connectivity index (χ4v) is 4.22. The van der Waals surface area contributed by atoms with Gasteiger partial charge in [-0.15, -0.1) is 16.7 Å². The highest BCUT2D eigenvalue weighted by Gasteiger charge is 2.24. The summed E-state index contributed by atoms with van der Waals surface area (Å²) in [5.41, 5.74) is 3.44. The van der Waals surface area contributed by atoms with Crippen molar-refractivity contribution in [2.75, 3.05) is 19.1 Å². The number of rotatable bonds is 12. The van der Waals surface area contributed by atoms with Gasteiger partial charge in [-0.05, 0) is 64.4 Å². The predicted octanol–water partition coefficient (Wildman–Crippen LogP) is 3.43. The minimum Gasteiger partial charge on any atom is -0.491 e. The Morgan fingerprint density at radius 2 is 1.69 bits per heavy atom. The van der Waals surface area contributed by atoms with Crippen LogP contribution in [0.3, 0.4) is 0 Å². The normalized spacial score (nSPS) is 13.5. The van der Waals surface area contributed by atoms with Gasteiger partial charge in [-0.25, -0.2) is 4.68 Å². The summed E-state index contributed by atoms with van der Waals surface area (Å²) < 4.78 is 13.7. The molecular weight excluding hydrogens is 585 g/mol. The van der Waals surface area contributed by atoms with E-state index in [-0.39, 0.29) is 37.7 Å². The third-order valence-corrected chi connectivity index (χ3v) is 7.33. The first kappa shape index (κ1) is 27.7. The van der Waals surface area contributed by atoms with E-state index in [4.69, 9.17) is 21.1 Å².